The van der Waals surface area contributed by atoms with Crippen molar-refractivity contribution in [2.75, 3.05) is 13.1 Å². The molecule has 2 rings (SSSR count). The minimum absolute atomic E-state index is 0.567. The molecule has 0 bridgehead atoms. The van der Waals surface area contributed by atoms with Crippen molar-refractivity contribution >= 4 is 11.3 Å². The van der Waals surface area contributed by atoms with Gasteiger partial charge in [-0.25, -0.2) is 0 Å². The molecular weight excluding hydrogens is 202 g/mol. The van der Waals surface area contributed by atoms with E-state index < -0.39 is 0 Å². The summed E-state index contributed by atoms with van der Waals surface area (Å²) >= 11 is 1.83. The summed E-state index contributed by atoms with van der Waals surface area (Å²) < 4.78 is 0. The van der Waals surface area contributed by atoms with Crippen LogP contribution in [0.25, 0.3) is 0 Å². The summed E-state index contributed by atoms with van der Waals surface area (Å²) in [6, 6.07) is 2.29. The zero-order valence-corrected chi connectivity index (χ0v) is 10.4. The van der Waals surface area contributed by atoms with Gasteiger partial charge in [0.15, 0.2) is 0 Å². The van der Waals surface area contributed by atoms with Crippen molar-refractivity contribution in [1.82, 2.24) is 5.32 Å². The molecule has 1 nitrogen and oxygen atoms in total. The van der Waals surface area contributed by atoms with E-state index in [0.717, 1.165) is 6.54 Å². The fourth-order valence-corrected chi connectivity index (χ4v) is 3.43. The molecule has 0 aliphatic heterocycles. The van der Waals surface area contributed by atoms with Crippen LogP contribution < -0.4 is 5.32 Å². The van der Waals surface area contributed by atoms with Gasteiger partial charge in [-0.15, -0.1) is 0 Å². The predicted octanol–water partition coefficient (Wildman–Crippen LogP) is 3.46. The first kappa shape index (κ1) is 11.2. The van der Waals surface area contributed by atoms with Crippen LogP contribution in [0.15, 0.2) is 16.8 Å². The largest absolute Gasteiger partial charge is 0.316 e. The summed E-state index contributed by atoms with van der Waals surface area (Å²) in [6.07, 6.45) is 6.96. The van der Waals surface area contributed by atoms with Crippen LogP contribution in [0.4, 0.5) is 0 Å². The van der Waals surface area contributed by atoms with Gasteiger partial charge in [0.2, 0.25) is 0 Å². The first-order valence-electron chi connectivity index (χ1n) is 6.06. The van der Waals surface area contributed by atoms with E-state index in [1.165, 1.54) is 38.6 Å². The lowest BCUT2D eigenvalue weighted by molar-refractivity contribution is 0.280. The van der Waals surface area contributed by atoms with Crippen molar-refractivity contribution in [3.8, 4) is 0 Å². The van der Waals surface area contributed by atoms with Crippen molar-refractivity contribution in [3.05, 3.63) is 22.4 Å². The molecule has 0 unspecified atom stereocenters. The molecule has 1 aromatic heterocycles. The van der Waals surface area contributed by atoms with Crippen molar-refractivity contribution in [2.45, 2.75) is 39.0 Å². The molecule has 84 valence electrons. The van der Waals surface area contributed by atoms with Crippen LogP contribution in [0.3, 0.4) is 0 Å². The van der Waals surface area contributed by atoms with Gasteiger partial charge in [0.25, 0.3) is 0 Å². The molecule has 0 atom stereocenters. The fourth-order valence-electron chi connectivity index (χ4n) is 2.76. The Morgan fingerprint density at radius 3 is 2.80 bits per heavy atom. The lowest BCUT2D eigenvalue weighted by atomic mass is 9.80. The van der Waals surface area contributed by atoms with Crippen molar-refractivity contribution in [1.29, 1.82) is 0 Å². The molecule has 1 heterocycles. The zero-order chi connectivity index (χ0) is 10.6. The molecule has 0 spiro atoms. The van der Waals surface area contributed by atoms with E-state index >= 15 is 0 Å². The lowest BCUT2D eigenvalue weighted by Gasteiger charge is -2.29. The predicted molar refractivity (Wildman–Crippen MR) is 67.5 cm³/mol. The molecule has 1 aliphatic carbocycles. The first-order chi connectivity index (χ1) is 7.35. The second kappa shape index (κ2) is 5.13. The van der Waals surface area contributed by atoms with Crippen LogP contribution in [0.1, 0.15) is 38.2 Å². The van der Waals surface area contributed by atoms with Crippen molar-refractivity contribution in [2.24, 2.45) is 5.41 Å². The third kappa shape index (κ3) is 2.82. The van der Waals surface area contributed by atoms with Gasteiger partial charge in [0.1, 0.15) is 0 Å². The third-order valence-corrected chi connectivity index (χ3v) is 4.31. The van der Waals surface area contributed by atoms with Gasteiger partial charge in [0.05, 0.1) is 0 Å². The SMILES string of the molecule is CCNCC1(Cc2ccsc2)CCCC1. The van der Waals surface area contributed by atoms with Crippen LogP contribution in [0, 0.1) is 5.41 Å². The average molecular weight is 223 g/mol. The van der Waals surface area contributed by atoms with Crippen LogP contribution >= 0.6 is 11.3 Å². The molecule has 1 N–H and O–H groups in total. The van der Waals surface area contributed by atoms with E-state index in [1.807, 2.05) is 11.3 Å². The number of thiophene rings is 1. The summed E-state index contributed by atoms with van der Waals surface area (Å²) in [5.41, 5.74) is 2.11. The van der Waals surface area contributed by atoms with Gasteiger partial charge in [-0.1, -0.05) is 19.8 Å². The van der Waals surface area contributed by atoms with E-state index in [9.17, 15) is 0 Å². The van der Waals surface area contributed by atoms with Gasteiger partial charge >= 0.3 is 0 Å². The van der Waals surface area contributed by atoms with Gasteiger partial charge in [-0.05, 0) is 53.6 Å². The highest BCUT2D eigenvalue weighted by molar-refractivity contribution is 7.07. The first-order valence-corrected chi connectivity index (χ1v) is 7.01. The summed E-state index contributed by atoms with van der Waals surface area (Å²) in [6.45, 7) is 4.51. The van der Waals surface area contributed by atoms with E-state index in [4.69, 9.17) is 0 Å². The summed E-state index contributed by atoms with van der Waals surface area (Å²) in [4.78, 5) is 0. The normalized spacial score (nSPS) is 19.5. The third-order valence-electron chi connectivity index (χ3n) is 3.57. The van der Waals surface area contributed by atoms with Crippen LogP contribution in [-0.4, -0.2) is 13.1 Å². The molecule has 0 aromatic carbocycles. The summed E-state index contributed by atoms with van der Waals surface area (Å²) in [5, 5.41) is 8.06. The second-order valence-electron chi connectivity index (χ2n) is 4.80. The van der Waals surface area contributed by atoms with E-state index in [-0.39, 0.29) is 0 Å². The Balaban J connectivity index is 1.99. The van der Waals surface area contributed by atoms with E-state index in [2.05, 4.69) is 29.1 Å². The monoisotopic (exact) mass is 223 g/mol. The summed E-state index contributed by atoms with van der Waals surface area (Å²) in [5.74, 6) is 0. The lowest BCUT2D eigenvalue weighted by Crippen LogP contribution is -2.33. The Morgan fingerprint density at radius 1 is 1.40 bits per heavy atom. The number of nitrogens with one attached hydrogen (secondary N) is 1. The van der Waals surface area contributed by atoms with Gasteiger partial charge in [0, 0.05) is 6.54 Å². The Bertz CT molecular complexity index is 273. The van der Waals surface area contributed by atoms with Crippen molar-refractivity contribution in [3.63, 3.8) is 0 Å². The maximum absolute atomic E-state index is 3.55. The molecular formula is C13H21NS. The van der Waals surface area contributed by atoms with Crippen LogP contribution in [-0.2, 0) is 6.42 Å². The minimum atomic E-state index is 0.567. The Morgan fingerprint density at radius 2 is 2.20 bits per heavy atom. The topological polar surface area (TPSA) is 12.0 Å². The van der Waals surface area contributed by atoms with Crippen molar-refractivity contribution < 1.29 is 0 Å². The fraction of sp³-hybridized carbons (Fsp3) is 0.692. The van der Waals surface area contributed by atoms with Gasteiger partial charge < -0.3 is 5.32 Å². The molecule has 1 saturated carbocycles. The second-order valence-corrected chi connectivity index (χ2v) is 5.58. The Labute approximate surface area is 96.9 Å². The minimum Gasteiger partial charge on any atom is -0.316 e. The molecule has 1 fully saturated rings. The molecule has 0 radical (unpaired) electrons. The van der Waals surface area contributed by atoms with Crippen LogP contribution in [0.5, 0.6) is 0 Å². The summed E-state index contributed by atoms with van der Waals surface area (Å²) in [7, 11) is 0. The zero-order valence-electron chi connectivity index (χ0n) is 9.59. The Hall–Kier alpha value is -0.340. The molecule has 0 saturated heterocycles. The quantitative estimate of drug-likeness (QED) is 0.806. The van der Waals surface area contributed by atoms with E-state index in [0.29, 0.717) is 5.41 Å². The highest BCUT2D eigenvalue weighted by atomic mass is 32.1. The maximum atomic E-state index is 3.55. The molecule has 1 aliphatic rings. The maximum Gasteiger partial charge on any atom is 0.00109 e. The average Bonchev–Trinajstić information content (AvgIpc) is 2.88. The van der Waals surface area contributed by atoms with Gasteiger partial charge in [-0.3, -0.25) is 0 Å². The molecule has 2 heteroatoms. The molecule has 0 amide bonds. The smallest absolute Gasteiger partial charge is 0.00109 e. The standard InChI is InChI=1S/C13H21NS/c1-2-14-11-13(6-3-4-7-13)9-12-5-8-15-10-12/h5,8,10,14H,2-4,6-7,9,11H2,1H3. The highest BCUT2D eigenvalue weighted by Crippen LogP contribution is 2.40. The van der Waals surface area contributed by atoms with E-state index in [1.54, 1.807) is 5.56 Å². The molecule has 15 heavy (non-hydrogen) atoms. The number of hydrogen-bond donors (Lipinski definition) is 1. The molecule has 1 aromatic rings. The number of hydrogen-bond acceptors (Lipinski definition) is 2. The highest BCUT2D eigenvalue weighted by Gasteiger charge is 2.33. The Kier molecular flexibility index (Phi) is 3.81. The number of rotatable bonds is 5. The van der Waals surface area contributed by atoms with Gasteiger partial charge in [-0.2, -0.15) is 11.3 Å². The van der Waals surface area contributed by atoms with Crippen LogP contribution in [0.2, 0.25) is 0 Å².